The van der Waals surface area contributed by atoms with E-state index in [1.54, 1.807) is 0 Å². The molecule has 0 aliphatic carbocycles. The highest BCUT2D eigenvalue weighted by Crippen LogP contribution is 2.21. The summed E-state index contributed by atoms with van der Waals surface area (Å²) in [7, 11) is 1.99. The second kappa shape index (κ2) is 9.92. The van der Waals surface area contributed by atoms with Gasteiger partial charge in [0.25, 0.3) is 0 Å². The number of benzene rings is 1. The SMILES string of the molecule is CC.CNC(c1ccccc1)[C@@H](C)CNC(C)(C)CO. The number of hydrogen-bond acceptors (Lipinski definition) is 3. The van der Waals surface area contributed by atoms with Crippen LogP contribution in [-0.2, 0) is 0 Å². The molecule has 3 nitrogen and oxygen atoms in total. The summed E-state index contributed by atoms with van der Waals surface area (Å²) in [6, 6.07) is 10.8. The number of rotatable bonds is 7. The lowest BCUT2D eigenvalue weighted by molar-refractivity contribution is 0.180. The van der Waals surface area contributed by atoms with Crippen LogP contribution in [0.3, 0.4) is 0 Å². The van der Waals surface area contributed by atoms with E-state index in [-0.39, 0.29) is 12.1 Å². The van der Waals surface area contributed by atoms with E-state index in [4.69, 9.17) is 0 Å². The molecule has 3 heteroatoms. The first-order chi connectivity index (χ1) is 9.50. The third kappa shape index (κ3) is 6.51. The third-order valence-corrected chi connectivity index (χ3v) is 3.34. The maximum atomic E-state index is 9.24. The summed E-state index contributed by atoms with van der Waals surface area (Å²) < 4.78 is 0. The van der Waals surface area contributed by atoms with Crippen molar-refractivity contribution >= 4 is 0 Å². The van der Waals surface area contributed by atoms with Crippen LogP contribution >= 0.6 is 0 Å². The van der Waals surface area contributed by atoms with Gasteiger partial charge in [-0.2, -0.15) is 0 Å². The number of nitrogens with one attached hydrogen (secondary N) is 2. The van der Waals surface area contributed by atoms with Crippen LogP contribution < -0.4 is 10.6 Å². The largest absolute Gasteiger partial charge is 0.394 e. The predicted octanol–water partition coefficient (Wildman–Crippen LogP) is 2.97. The molecule has 0 heterocycles. The summed E-state index contributed by atoms with van der Waals surface area (Å²) in [5.74, 6) is 0.447. The summed E-state index contributed by atoms with van der Waals surface area (Å²) >= 11 is 0. The smallest absolute Gasteiger partial charge is 0.0607 e. The monoisotopic (exact) mass is 280 g/mol. The molecule has 0 radical (unpaired) electrons. The van der Waals surface area contributed by atoms with Gasteiger partial charge in [0, 0.05) is 18.1 Å². The van der Waals surface area contributed by atoms with Crippen LogP contribution in [0.4, 0.5) is 0 Å². The second-order valence-electron chi connectivity index (χ2n) is 5.58. The Labute approximate surface area is 124 Å². The van der Waals surface area contributed by atoms with Gasteiger partial charge in [0.2, 0.25) is 0 Å². The summed E-state index contributed by atoms with van der Waals surface area (Å²) in [4.78, 5) is 0. The molecule has 116 valence electrons. The van der Waals surface area contributed by atoms with Crippen molar-refractivity contribution in [1.29, 1.82) is 0 Å². The van der Waals surface area contributed by atoms with Gasteiger partial charge >= 0.3 is 0 Å². The van der Waals surface area contributed by atoms with E-state index in [0.717, 1.165) is 6.54 Å². The van der Waals surface area contributed by atoms with Crippen LogP contribution in [0.15, 0.2) is 30.3 Å². The van der Waals surface area contributed by atoms with E-state index < -0.39 is 0 Å². The van der Waals surface area contributed by atoms with Gasteiger partial charge < -0.3 is 15.7 Å². The van der Waals surface area contributed by atoms with Crippen LogP contribution in [0.2, 0.25) is 0 Å². The Balaban J connectivity index is 0.00000172. The van der Waals surface area contributed by atoms with Crippen molar-refractivity contribution in [2.24, 2.45) is 5.92 Å². The Morgan fingerprint density at radius 2 is 1.70 bits per heavy atom. The maximum Gasteiger partial charge on any atom is 0.0607 e. The molecule has 0 amide bonds. The predicted molar refractivity (Wildman–Crippen MR) is 87.9 cm³/mol. The van der Waals surface area contributed by atoms with Crippen molar-refractivity contribution in [2.45, 2.75) is 46.2 Å². The molecule has 20 heavy (non-hydrogen) atoms. The van der Waals surface area contributed by atoms with Crippen LogP contribution in [0.1, 0.15) is 46.2 Å². The van der Waals surface area contributed by atoms with Crippen LogP contribution in [0, 0.1) is 5.92 Å². The first-order valence-corrected chi connectivity index (χ1v) is 7.58. The Morgan fingerprint density at radius 1 is 1.15 bits per heavy atom. The highest BCUT2D eigenvalue weighted by Gasteiger charge is 2.21. The molecule has 0 aromatic heterocycles. The van der Waals surface area contributed by atoms with Gasteiger partial charge in [0.05, 0.1) is 6.61 Å². The van der Waals surface area contributed by atoms with Crippen molar-refractivity contribution in [2.75, 3.05) is 20.2 Å². The summed E-state index contributed by atoms with van der Waals surface area (Å²) in [5, 5.41) is 16.0. The molecule has 0 aliphatic heterocycles. The van der Waals surface area contributed by atoms with Gasteiger partial charge in [-0.1, -0.05) is 51.1 Å². The Bertz CT molecular complexity index is 338. The van der Waals surface area contributed by atoms with Crippen molar-refractivity contribution in [3.8, 4) is 0 Å². The maximum absolute atomic E-state index is 9.24. The lowest BCUT2D eigenvalue weighted by Crippen LogP contribution is -2.46. The van der Waals surface area contributed by atoms with Gasteiger partial charge in [-0.05, 0) is 32.4 Å². The van der Waals surface area contributed by atoms with E-state index >= 15 is 0 Å². The van der Waals surface area contributed by atoms with Gasteiger partial charge in [0.1, 0.15) is 0 Å². The fourth-order valence-corrected chi connectivity index (χ4v) is 2.05. The number of aliphatic hydroxyl groups is 1. The van der Waals surface area contributed by atoms with Crippen LogP contribution in [0.5, 0.6) is 0 Å². The molecule has 1 aromatic carbocycles. The van der Waals surface area contributed by atoms with Gasteiger partial charge in [0.15, 0.2) is 0 Å². The number of hydrogen-bond donors (Lipinski definition) is 3. The lowest BCUT2D eigenvalue weighted by atomic mass is 9.93. The zero-order valence-electron chi connectivity index (χ0n) is 13.9. The van der Waals surface area contributed by atoms with Gasteiger partial charge in [-0.15, -0.1) is 0 Å². The quantitative estimate of drug-likeness (QED) is 0.719. The standard InChI is InChI=1S/C15H26N2O.C2H6/c1-12(10-17-15(2,3)11-18)14(16-4)13-8-6-5-7-9-13;1-2/h5-9,12,14,16-18H,10-11H2,1-4H3;1-2H3/t12-,14?;/m0./s1. The fourth-order valence-electron chi connectivity index (χ4n) is 2.05. The molecule has 2 atom stereocenters. The minimum Gasteiger partial charge on any atom is -0.394 e. The lowest BCUT2D eigenvalue weighted by Gasteiger charge is -2.29. The Kier molecular flexibility index (Phi) is 9.47. The molecule has 0 spiro atoms. The molecule has 1 rings (SSSR count). The van der Waals surface area contributed by atoms with Crippen molar-refractivity contribution in [1.82, 2.24) is 10.6 Å². The zero-order valence-corrected chi connectivity index (χ0v) is 13.9. The second-order valence-corrected chi connectivity index (χ2v) is 5.58. The summed E-state index contributed by atoms with van der Waals surface area (Å²) in [5.41, 5.74) is 1.08. The molecule has 3 N–H and O–H groups in total. The molecule has 0 saturated heterocycles. The van der Waals surface area contributed by atoms with E-state index in [1.807, 2.05) is 40.8 Å². The van der Waals surface area contributed by atoms with Crippen LogP contribution in [0.25, 0.3) is 0 Å². The topological polar surface area (TPSA) is 44.3 Å². The molecular formula is C17H32N2O. The first-order valence-electron chi connectivity index (χ1n) is 7.58. The molecule has 1 aromatic rings. The molecule has 1 unspecified atom stereocenters. The van der Waals surface area contributed by atoms with E-state index in [0.29, 0.717) is 12.0 Å². The third-order valence-electron chi connectivity index (χ3n) is 3.34. The average molecular weight is 280 g/mol. The minimum atomic E-state index is -0.219. The van der Waals surface area contributed by atoms with Gasteiger partial charge in [-0.25, -0.2) is 0 Å². The molecule has 0 saturated carbocycles. The molecular weight excluding hydrogens is 248 g/mol. The van der Waals surface area contributed by atoms with Crippen molar-refractivity contribution in [3.63, 3.8) is 0 Å². The Morgan fingerprint density at radius 3 is 2.15 bits per heavy atom. The summed E-state index contributed by atoms with van der Waals surface area (Å²) in [6.07, 6.45) is 0. The fraction of sp³-hybridized carbons (Fsp3) is 0.647. The number of aliphatic hydroxyl groups excluding tert-OH is 1. The van der Waals surface area contributed by atoms with E-state index in [2.05, 4.69) is 41.8 Å². The highest BCUT2D eigenvalue weighted by molar-refractivity contribution is 5.19. The molecule has 0 aliphatic rings. The Hall–Kier alpha value is -0.900. The normalized spacial score (nSPS) is 14.2. The van der Waals surface area contributed by atoms with Crippen molar-refractivity contribution < 1.29 is 5.11 Å². The van der Waals surface area contributed by atoms with Crippen molar-refractivity contribution in [3.05, 3.63) is 35.9 Å². The van der Waals surface area contributed by atoms with Crippen LogP contribution in [-0.4, -0.2) is 30.8 Å². The zero-order chi connectivity index (χ0) is 15.6. The first kappa shape index (κ1) is 19.1. The molecule has 0 fully saturated rings. The average Bonchev–Trinajstić information content (AvgIpc) is 2.49. The van der Waals surface area contributed by atoms with E-state index in [1.165, 1.54) is 5.56 Å². The van der Waals surface area contributed by atoms with Gasteiger partial charge in [-0.3, -0.25) is 0 Å². The van der Waals surface area contributed by atoms with E-state index in [9.17, 15) is 5.11 Å². The highest BCUT2D eigenvalue weighted by atomic mass is 16.3. The minimum absolute atomic E-state index is 0.148. The summed E-state index contributed by atoms with van der Waals surface area (Å²) in [6.45, 7) is 11.3. The molecule has 0 bridgehead atoms.